The molecule has 154 valence electrons. The lowest BCUT2D eigenvalue weighted by atomic mass is 10.1. The lowest BCUT2D eigenvalue weighted by Gasteiger charge is -2.12. The molecule has 4 aromatic rings. The fraction of sp³-hybridized carbons (Fsp3) is 0.217. The molecular weight excluding hydrogens is 418 g/mol. The van der Waals surface area contributed by atoms with Gasteiger partial charge in [0, 0.05) is 36.7 Å². The molecule has 0 bridgehead atoms. The van der Waals surface area contributed by atoms with E-state index < -0.39 is 0 Å². The number of thioether (sulfide) groups is 1. The topological polar surface area (TPSA) is 49.0 Å². The van der Waals surface area contributed by atoms with E-state index in [1.807, 2.05) is 72.4 Å². The fourth-order valence-corrected chi connectivity index (χ4v) is 4.62. The molecule has 0 aliphatic heterocycles. The third-order valence-corrected chi connectivity index (χ3v) is 6.18. The molecule has 0 aliphatic rings. The molecule has 4 rings (SSSR count). The Labute approximate surface area is 184 Å². The zero-order chi connectivity index (χ0) is 21.1. The summed E-state index contributed by atoms with van der Waals surface area (Å²) in [6, 6.07) is 17.8. The maximum atomic E-state index is 13.4. The molecule has 30 heavy (non-hydrogen) atoms. The van der Waals surface area contributed by atoms with E-state index in [1.165, 1.54) is 11.8 Å². The van der Waals surface area contributed by atoms with Crippen LogP contribution in [-0.2, 0) is 24.1 Å². The van der Waals surface area contributed by atoms with Crippen LogP contribution in [0.5, 0.6) is 0 Å². The number of halogens is 1. The molecule has 5 nitrogen and oxygen atoms in total. The molecule has 0 unspecified atom stereocenters. The van der Waals surface area contributed by atoms with Crippen LogP contribution in [0.1, 0.15) is 5.56 Å². The summed E-state index contributed by atoms with van der Waals surface area (Å²) in [6.45, 7) is 0.885. The second-order valence-electron chi connectivity index (χ2n) is 6.98. The quantitative estimate of drug-likeness (QED) is 0.300. The summed E-state index contributed by atoms with van der Waals surface area (Å²) in [6.07, 6.45) is 1.97. The molecule has 0 radical (unpaired) electrons. The average Bonchev–Trinajstić information content (AvgIpc) is 3.09. The molecular formula is C23H22ClN3O2S. The van der Waals surface area contributed by atoms with Crippen molar-refractivity contribution in [3.63, 3.8) is 0 Å². The number of aryl methyl sites for hydroxylation is 1. The Morgan fingerprint density at radius 1 is 1.13 bits per heavy atom. The van der Waals surface area contributed by atoms with Crippen molar-refractivity contribution in [2.75, 3.05) is 13.7 Å². The minimum Gasteiger partial charge on any atom is -0.383 e. The molecule has 2 aromatic carbocycles. The number of methoxy groups -OCH3 is 1. The van der Waals surface area contributed by atoms with Crippen LogP contribution in [0.25, 0.3) is 22.2 Å². The first-order valence-corrected chi connectivity index (χ1v) is 11.0. The van der Waals surface area contributed by atoms with E-state index in [-0.39, 0.29) is 5.56 Å². The minimum atomic E-state index is -0.0599. The lowest BCUT2D eigenvalue weighted by Crippen LogP contribution is -2.26. The first-order valence-electron chi connectivity index (χ1n) is 9.60. The maximum absolute atomic E-state index is 13.4. The normalized spacial score (nSPS) is 11.3. The maximum Gasteiger partial charge on any atom is 0.278 e. The van der Waals surface area contributed by atoms with Crippen molar-refractivity contribution in [3.8, 4) is 11.1 Å². The Morgan fingerprint density at radius 3 is 2.67 bits per heavy atom. The number of benzene rings is 2. The average molecular weight is 440 g/mol. The van der Waals surface area contributed by atoms with Crippen molar-refractivity contribution >= 4 is 34.4 Å². The predicted molar refractivity (Wildman–Crippen MR) is 123 cm³/mol. The van der Waals surface area contributed by atoms with Gasteiger partial charge in [-0.1, -0.05) is 65.8 Å². The van der Waals surface area contributed by atoms with E-state index in [4.69, 9.17) is 21.3 Å². The Hall–Kier alpha value is -2.54. The van der Waals surface area contributed by atoms with Crippen molar-refractivity contribution in [1.82, 2.24) is 14.1 Å². The fourth-order valence-electron chi connectivity index (χ4n) is 3.44. The van der Waals surface area contributed by atoms with Crippen LogP contribution in [-0.4, -0.2) is 27.8 Å². The van der Waals surface area contributed by atoms with Crippen LogP contribution < -0.4 is 5.56 Å². The van der Waals surface area contributed by atoms with Crippen molar-refractivity contribution in [2.45, 2.75) is 17.5 Å². The summed E-state index contributed by atoms with van der Waals surface area (Å²) in [5, 5.41) is 1.37. The van der Waals surface area contributed by atoms with Gasteiger partial charge >= 0.3 is 0 Å². The molecule has 0 fully saturated rings. The van der Waals surface area contributed by atoms with E-state index in [2.05, 4.69) is 0 Å². The van der Waals surface area contributed by atoms with Gasteiger partial charge in [0.2, 0.25) is 0 Å². The number of ether oxygens (including phenoxy) is 1. The van der Waals surface area contributed by atoms with Crippen molar-refractivity contribution < 1.29 is 4.74 Å². The van der Waals surface area contributed by atoms with Gasteiger partial charge in [-0.25, -0.2) is 4.98 Å². The van der Waals surface area contributed by atoms with E-state index in [9.17, 15) is 4.79 Å². The zero-order valence-corrected chi connectivity index (χ0v) is 18.4. The van der Waals surface area contributed by atoms with E-state index in [0.717, 1.165) is 22.2 Å². The van der Waals surface area contributed by atoms with Crippen molar-refractivity contribution in [3.05, 3.63) is 81.7 Å². The lowest BCUT2D eigenvalue weighted by molar-refractivity contribution is 0.183. The van der Waals surface area contributed by atoms with E-state index >= 15 is 0 Å². The van der Waals surface area contributed by atoms with Crippen LogP contribution in [0, 0.1) is 0 Å². The highest BCUT2D eigenvalue weighted by Gasteiger charge is 2.18. The first-order chi connectivity index (χ1) is 14.6. The molecule has 2 aromatic heterocycles. The van der Waals surface area contributed by atoms with Gasteiger partial charge in [-0.2, -0.15) is 0 Å². The summed E-state index contributed by atoms with van der Waals surface area (Å²) in [5.41, 5.74) is 4.32. The first kappa shape index (κ1) is 20.7. The van der Waals surface area contributed by atoms with Gasteiger partial charge in [0.25, 0.3) is 5.56 Å². The molecule has 0 amide bonds. The van der Waals surface area contributed by atoms with Crippen molar-refractivity contribution in [1.29, 1.82) is 0 Å². The Morgan fingerprint density at radius 2 is 1.93 bits per heavy atom. The highest BCUT2D eigenvalue weighted by atomic mass is 35.5. The van der Waals surface area contributed by atoms with Gasteiger partial charge in [-0.15, -0.1) is 0 Å². The van der Waals surface area contributed by atoms with Crippen LogP contribution in [0.15, 0.2) is 70.7 Å². The summed E-state index contributed by atoms with van der Waals surface area (Å²) in [5.74, 6) is 0.666. The third-order valence-electron chi connectivity index (χ3n) is 4.90. The highest BCUT2D eigenvalue weighted by molar-refractivity contribution is 7.98. The number of hydrogen-bond acceptors (Lipinski definition) is 4. The number of rotatable bonds is 7. The van der Waals surface area contributed by atoms with E-state index in [0.29, 0.717) is 34.6 Å². The summed E-state index contributed by atoms with van der Waals surface area (Å²) < 4.78 is 8.80. The number of fused-ring (bicyclic) bond motifs is 1. The van der Waals surface area contributed by atoms with Crippen molar-refractivity contribution in [2.24, 2.45) is 7.05 Å². The largest absolute Gasteiger partial charge is 0.383 e. The molecule has 0 N–H and O–H groups in total. The van der Waals surface area contributed by atoms with Crippen LogP contribution in [0.4, 0.5) is 0 Å². The Balaban J connectivity index is 1.83. The number of aromatic nitrogens is 3. The van der Waals surface area contributed by atoms with Gasteiger partial charge in [0.1, 0.15) is 11.0 Å². The molecule has 7 heteroatoms. The Kier molecular flexibility index (Phi) is 6.27. The molecule has 0 aliphatic carbocycles. The monoisotopic (exact) mass is 439 g/mol. The van der Waals surface area contributed by atoms with Gasteiger partial charge < -0.3 is 9.30 Å². The minimum absolute atomic E-state index is 0.0599. The molecule has 0 saturated carbocycles. The summed E-state index contributed by atoms with van der Waals surface area (Å²) in [4.78, 5) is 18.3. The number of hydrogen-bond donors (Lipinski definition) is 0. The zero-order valence-electron chi connectivity index (χ0n) is 16.8. The Bertz CT molecular complexity index is 1230. The third kappa shape index (κ3) is 4.17. The van der Waals surface area contributed by atoms with Crippen LogP contribution in [0.2, 0.25) is 5.02 Å². The SMILES string of the molecule is COCCn1c(SCc2cccc(Cl)c2)nc2c(-c3ccccc3)cn(C)c2c1=O. The second kappa shape index (κ2) is 9.08. The van der Waals surface area contributed by atoms with Crippen LogP contribution in [0.3, 0.4) is 0 Å². The highest BCUT2D eigenvalue weighted by Crippen LogP contribution is 2.30. The van der Waals surface area contributed by atoms with Crippen LogP contribution >= 0.6 is 23.4 Å². The standard InChI is InChI=1S/C23H22ClN3O2S/c1-26-14-19(17-8-4-3-5-9-17)20-21(26)22(28)27(11-12-29-2)23(25-20)30-15-16-7-6-10-18(24)13-16/h3-10,13-14H,11-12,15H2,1-2H3. The summed E-state index contributed by atoms with van der Waals surface area (Å²) >= 11 is 7.65. The van der Waals surface area contributed by atoms with Gasteiger partial charge in [0.05, 0.1) is 13.2 Å². The summed E-state index contributed by atoms with van der Waals surface area (Å²) in [7, 11) is 3.52. The van der Waals surface area contributed by atoms with Gasteiger partial charge in [0.15, 0.2) is 5.16 Å². The molecule has 0 spiro atoms. The number of nitrogens with zero attached hydrogens (tertiary/aromatic N) is 3. The molecule has 0 saturated heterocycles. The smallest absolute Gasteiger partial charge is 0.278 e. The predicted octanol–water partition coefficient (Wildman–Crippen LogP) is 4.99. The molecule has 0 atom stereocenters. The van der Waals surface area contributed by atoms with Gasteiger partial charge in [-0.3, -0.25) is 9.36 Å². The van der Waals surface area contributed by atoms with E-state index in [1.54, 1.807) is 11.7 Å². The molecule has 2 heterocycles. The van der Waals surface area contributed by atoms with Gasteiger partial charge in [-0.05, 0) is 23.3 Å². The second-order valence-corrected chi connectivity index (χ2v) is 8.36.